The zero-order chi connectivity index (χ0) is 20.7. The van der Waals surface area contributed by atoms with Crippen molar-refractivity contribution in [2.45, 2.75) is 27.2 Å². The van der Waals surface area contributed by atoms with E-state index in [-0.39, 0.29) is 17.1 Å². The van der Waals surface area contributed by atoms with Crippen LogP contribution in [0.1, 0.15) is 37.6 Å². The van der Waals surface area contributed by atoms with Gasteiger partial charge in [-0.05, 0) is 36.6 Å². The van der Waals surface area contributed by atoms with Crippen LogP contribution < -0.4 is 5.56 Å². The van der Waals surface area contributed by atoms with Crippen LogP contribution in [0.4, 0.5) is 0 Å². The molecule has 2 rings (SSSR count). The molecule has 1 heterocycles. The van der Waals surface area contributed by atoms with Gasteiger partial charge in [-0.15, -0.1) is 0 Å². The zero-order valence-electron chi connectivity index (χ0n) is 16.3. The highest BCUT2D eigenvalue weighted by atomic mass is 16.3. The molecule has 1 atom stereocenters. The summed E-state index contributed by atoms with van der Waals surface area (Å²) in [6.45, 7) is 6.23. The Balaban J connectivity index is 2.26. The van der Waals surface area contributed by atoms with Crippen LogP contribution in [0.15, 0.2) is 71.2 Å². The van der Waals surface area contributed by atoms with Crippen LogP contribution in [0.5, 0.6) is 11.5 Å². The molecule has 0 fully saturated rings. The minimum atomic E-state index is -0.661. The Morgan fingerprint density at radius 1 is 1.14 bits per heavy atom. The molecule has 0 aliphatic heterocycles. The summed E-state index contributed by atoms with van der Waals surface area (Å²) in [7, 11) is 0. The second-order valence-electron chi connectivity index (χ2n) is 6.68. The maximum absolute atomic E-state index is 12.4. The van der Waals surface area contributed by atoms with Crippen molar-refractivity contribution in [3.63, 3.8) is 0 Å². The molecule has 1 unspecified atom stereocenters. The number of rotatable bonds is 7. The second kappa shape index (κ2) is 9.55. The molecule has 0 bridgehead atoms. The van der Waals surface area contributed by atoms with Crippen LogP contribution in [0.25, 0.3) is 11.1 Å². The summed E-state index contributed by atoms with van der Waals surface area (Å²) in [4.78, 5) is 27.0. The summed E-state index contributed by atoms with van der Waals surface area (Å²) in [5.41, 5.74) is 0.976. The number of aromatic amines is 1. The second-order valence-corrected chi connectivity index (χ2v) is 6.68. The summed E-state index contributed by atoms with van der Waals surface area (Å²) in [5.74, 6) is -0.418. The Morgan fingerprint density at radius 2 is 1.79 bits per heavy atom. The van der Waals surface area contributed by atoms with E-state index in [0.717, 1.165) is 12.0 Å². The fourth-order valence-electron chi connectivity index (χ4n) is 2.67. The van der Waals surface area contributed by atoms with Crippen molar-refractivity contribution >= 4 is 5.78 Å². The molecule has 0 aliphatic rings. The quantitative estimate of drug-likeness (QED) is 0.368. The number of carbonyl (C=O) groups excluding carboxylic acids is 1. The maximum Gasteiger partial charge on any atom is 0.263 e. The fourth-order valence-corrected chi connectivity index (χ4v) is 2.67. The van der Waals surface area contributed by atoms with Crippen LogP contribution in [0.2, 0.25) is 0 Å². The monoisotopic (exact) mass is 379 g/mol. The van der Waals surface area contributed by atoms with Gasteiger partial charge in [0.15, 0.2) is 5.78 Å². The van der Waals surface area contributed by atoms with Crippen molar-refractivity contribution in [1.82, 2.24) is 4.98 Å². The summed E-state index contributed by atoms with van der Waals surface area (Å²) in [6, 6.07) is 6.09. The fraction of sp³-hybridized carbons (Fsp3) is 0.217. The smallest absolute Gasteiger partial charge is 0.263 e. The Labute approximate surface area is 164 Å². The topological polar surface area (TPSA) is 90.4 Å². The number of hydrogen-bond acceptors (Lipinski definition) is 4. The lowest BCUT2D eigenvalue weighted by Gasteiger charge is -2.07. The van der Waals surface area contributed by atoms with Gasteiger partial charge in [-0.25, -0.2) is 0 Å². The van der Waals surface area contributed by atoms with E-state index < -0.39 is 11.3 Å². The Morgan fingerprint density at radius 3 is 2.43 bits per heavy atom. The minimum Gasteiger partial charge on any atom is -0.508 e. The van der Waals surface area contributed by atoms with Gasteiger partial charge in [0.25, 0.3) is 5.56 Å². The molecule has 0 amide bonds. The number of aromatic nitrogens is 1. The minimum absolute atomic E-state index is 0.0800. The number of pyridine rings is 1. The summed E-state index contributed by atoms with van der Waals surface area (Å²) >= 11 is 0. The summed E-state index contributed by atoms with van der Waals surface area (Å²) in [5, 5.41) is 19.9. The molecule has 28 heavy (non-hydrogen) atoms. The molecule has 0 aliphatic carbocycles. The number of allylic oxidation sites excluding steroid dienone is 6. The number of H-pyrrole nitrogens is 1. The molecular formula is C23H25NO4. The molecule has 3 N–H and O–H groups in total. The number of carbonyl (C=O) groups is 1. The molecule has 0 spiro atoms. The van der Waals surface area contributed by atoms with Gasteiger partial charge in [-0.1, -0.05) is 62.3 Å². The van der Waals surface area contributed by atoms with Gasteiger partial charge in [-0.2, -0.15) is 0 Å². The van der Waals surface area contributed by atoms with Gasteiger partial charge in [-0.3, -0.25) is 9.59 Å². The van der Waals surface area contributed by atoms with E-state index in [1.807, 2.05) is 13.0 Å². The first-order valence-corrected chi connectivity index (χ1v) is 9.15. The van der Waals surface area contributed by atoms with Crippen molar-refractivity contribution in [2.24, 2.45) is 5.92 Å². The average Bonchev–Trinajstić information content (AvgIpc) is 2.66. The maximum atomic E-state index is 12.4. The third-order valence-corrected chi connectivity index (χ3v) is 4.40. The standard InChI is InChI=1S/C23H25NO4/c1-4-15(2)13-16(3)7-5-6-8-20(26)21-22(27)19(14-24-23(21)28)17-9-11-18(25)12-10-17/h5-15,25H,4H2,1-3H3,(H2,24,27,28)/b7-5+,8-6+,16-13+. The van der Waals surface area contributed by atoms with Crippen molar-refractivity contribution in [3.05, 3.63) is 82.3 Å². The molecule has 0 radical (unpaired) electrons. The van der Waals surface area contributed by atoms with Crippen molar-refractivity contribution in [1.29, 1.82) is 0 Å². The van der Waals surface area contributed by atoms with E-state index >= 15 is 0 Å². The van der Waals surface area contributed by atoms with Gasteiger partial charge >= 0.3 is 0 Å². The van der Waals surface area contributed by atoms with Crippen LogP contribution in [-0.2, 0) is 0 Å². The van der Waals surface area contributed by atoms with Crippen molar-refractivity contribution < 1.29 is 15.0 Å². The van der Waals surface area contributed by atoms with Crippen LogP contribution >= 0.6 is 0 Å². The summed E-state index contributed by atoms with van der Waals surface area (Å²) < 4.78 is 0. The molecule has 1 aromatic carbocycles. The molecule has 5 nitrogen and oxygen atoms in total. The Kier molecular flexibility index (Phi) is 7.15. The van der Waals surface area contributed by atoms with Gasteiger partial charge < -0.3 is 15.2 Å². The molecule has 0 saturated heterocycles. The van der Waals surface area contributed by atoms with E-state index in [0.29, 0.717) is 17.0 Å². The molecular weight excluding hydrogens is 354 g/mol. The van der Waals surface area contributed by atoms with Crippen molar-refractivity contribution in [2.75, 3.05) is 0 Å². The lowest BCUT2D eigenvalue weighted by atomic mass is 10.0. The number of hydrogen-bond donors (Lipinski definition) is 3. The SMILES string of the molecule is CCC(C)/C=C(C)/C=C/C=C/C(=O)c1c(O)c(-c2ccc(O)cc2)c[nH]c1=O. The Bertz CT molecular complexity index is 979. The molecule has 146 valence electrons. The highest BCUT2D eigenvalue weighted by molar-refractivity contribution is 6.07. The largest absolute Gasteiger partial charge is 0.508 e. The molecule has 0 saturated carbocycles. The normalized spacial score (nSPS) is 13.3. The molecule has 1 aromatic heterocycles. The number of phenolic OH excluding ortho intramolecular Hbond substituents is 1. The number of benzene rings is 1. The van der Waals surface area contributed by atoms with Gasteiger partial charge in [0, 0.05) is 11.8 Å². The van der Waals surface area contributed by atoms with E-state index in [9.17, 15) is 19.8 Å². The predicted octanol–water partition coefficient (Wildman–Crippen LogP) is 4.74. The molecule has 5 heteroatoms. The van der Waals surface area contributed by atoms with Crippen molar-refractivity contribution in [3.8, 4) is 22.6 Å². The van der Waals surface area contributed by atoms with E-state index in [4.69, 9.17) is 0 Å². The third kappa shape index (κ3) is 5.33. The lowest BCUT2D eigenvalue weighted by Crippen LogP contribution is -2.16. The van der Waals surface area contributed by atoms with Crippen LogP contribution in [0.3, 0.4) is 0 Å². The van der Waals surface area contributed by atoms with E-state index in [1.54, 1.807) is 24.3 Å². The first kappa shape index (κ1) is 21.0. The van der Waals surface area contributed by atoms with E-state index in [2.05, 4.69) is 24.9 Å². The number of aromatic hydroxyl groups is 2. The van der Waals surface area contributed by atoms with Gasteiger partial charge in [0.2, 0.25) is 0 Å². The average molecular weight is 379 g/mol. The van der Waals surface area contributed by atoms with E-state index in [1.165, 1.54) is 24.4 Å². The first-order chi connectivity index (χ1) is 13.3. The number of nitrogens with one attached hydrogen (secondary N) is 1. The zero-order valence-corrected chi connectivity index (χ0v) is 16.3. The first-order valence-electron chi connectivity index (χ1n) is 9.15. The number of ketones is 1. The van der Waals surface area contributed by atoms with Gasteiger partial charge in [0.1, 0.15) is 17.1 Å². The van der Waals surface area contributed by atoms with Crippen LogP contribution in [-0.4, -0.2) is 21.0 Å². The van der Waals surface area contributed by atoms with Crippen LogP contribution in [0, 0.1) is 5.92 Å². The predicted molar refractivity (Wildman–Crippen MR) is 112 cm³/mol. The third-order valence-electron chi connectivity index (χ3n) is 4.40. The summed E-state index contributed by atoms with van der Waals surface area (Å²) in [6.07, 6.45) is 10.9. The highest BCUT2D eigenvalue weighted by Crippen LogP contribution is 2.31. The molecule has 2 aromatic rings. The highest BCUT2D eigenvalue weighted by Gasteiger charge is 2.18. The number of phenols is 1. The lowest BCUT2D eigenvalue weighted by molar-refractivity contribution is 0.104. The Hall–Kier alpha value is -3.34. The van der Waals surface area contributed by atoms with Gasteiger partial charge in [0.05, 0.1) is 0 Å².